The molecule has 0 bridgehead atoms. The van der Waals surface area contributed by atoms with Crippen molar-refractivity contribution in [3.05, 3.63) is 36.5 Å². The Morgan fingerprint density at radius 2 is 2.13 bits per heavy atom. The van der Waals surface area contributed by atoms with E-state index in [9.17, 15) is 5.26 Å². The van der Waals surface area contributed by atoms with E-state index in [0.717, 1.165) is 11.4 Å². The molecule has 0 radical (unpaired) electrons. The number of para-hydroxylation sites is 1. The van der Waals surface area contributed by atoms with Gasteiger partial charge in [0.2, 0.25) is 0 Å². The summed E-state index contributed by atoms with van der Waals surface area (Å²) in [5.74, 6) is 0. The van der Waals surface area contributed by atoms with Gasteiger partial charge in [0.1, 0.15) is 6.07 Å². The van der Waals surface area contributed by atoms with Gasteiger partial charge >= 0.3 is 0 Å². The number of anilines is 2. The van der Waals surface area contributed by atoms with E-state index in [2.05, 4.69) is 23.3 Å². The van der Waals surface area contributed by atoms with Crippen molar-refractivity contribution in [1.29, 1.82) is 5.26 Å². The first-order valence-electron chi connectivity index (χ1n) is 7.81. The number of ether oxygens (including phenoxy) is 1. The van der Waals surface area contributed by atoms with Crippen LogP contribution in [0.15, 0.2) is 31.0 Å². The molecule has 0 heterocycles. The Bertz CT molecular complexity index is 557. The van der Waals surface area contributed by atoms with Crippen LogP contribution in [0.4, 0.5) is 11.4 Å². The molecular weight excluding hydrogens is 288 g/mol. The van der Waals surface area contributed by atoms with E-state index in [0.29, 0.717) is 18.7 Å². The lowest BCUT2D eigenvalue weighted by Gasteiger charge is -2.30. The molecular formula is C18H28N4O. The van der Waals surface area contributed by atoms with Crippen LogP contribution in [0.1, 0.15) is 33.3 Å². The van der Waals surface area contributed by atoms with Gasteiger partial charge < -0.3 is 20.3 Å². The Morgan fingerprint density at radius 1 is 1.43 bits per heavy atom. The number of rotatable bonds is 8. The number of nitrogens with zero attached hydrogens (tertiary/aromatic N) is 2. The normalized spacial score (nSPS) is 12.2. The molecule has 0 aliphatic rings. The standard InChI is InChI=1S/C18H28N4O/c1-7-20-14(2)22(6)17-15(13-19)9-8-10-16(17)21-11-12-23-18(3,4)5/h7-10,14,20-21H,1,11-12H2,2-6H3. The third-order valence-corrected chi connectivity index (χ3v) is 3.40. The smallest absolute Gasteiger partial charge is 0.101 e. The molecule has 0 fully saturated rings. The third kappa shape index (κ3) is 5.84. The number of nitrogens with one attached hydrogen (secondary N) is 2. The van der Waals surface area contributed by atoms with E-state index in [1.165, 1.54) is 0 Å². The Morgan fingerprint density at radius 3 is 2.70 bits per heavy atom. The van der Waals surface area contributed by atoms with Crippen molar-refractivity contribution in [3.8, 4) is 6.07 Å². The summed E-state index contributed by atoms with van der Waals surface area (Å²) in [7, 11) is 1.95. The first-order valence-corrected chi connectivity index (χ1v) is 7.81. The molecule has 1 aromatic carbocycles. The molecule has 2 N–H and O–H groups in total. The topological polar surface area (TPSA) is 60.3 Å². The lowest BCUT2D eigenvalue weighted by atomic mass is 10.1. The fraction of sp³-hybridized carbons (Fsp3) is 0.500. The van der Waals surface area contributed by atoms with E-state index < -0.39 is 0 Å². The minimum Gasteiger partial charge on any atom is -0.381 e. The first-order chi connectivity index (χ1) is 10.8. The largest absolute Gasteiger partial charge is 0.381 e. The molecule has 1 rings (SSSR count). The molecule has 0 aliphatic heterocycles. The summed E-state index contributed by atoms with van der Waals surface area (Å²) in [5, 5.41) is 15.9. The average molecular weight is 316 g/mol. The Kier molecular flexibility index (Phi) is 6.92. The Hall–Kier alpha value is -2.19. The van der Waals surface area contributed by atoms with E-state index in [1.54, 1.807) is 6.20 Å². The molecule has 1 aromatic rings. The minimum absolute atomic E-state index is 0.0216. The van der Waals surface area contributed by atoms with E-state index in [-0.39, 0.29) is 11.8 Å². The molecule has 0 saturated heterocycles. The second-order valence-electron chi connectivity index (χ2n) is 6.36. The predicted molar refractivity (Wildman–Crippen MR) is 96.5 cm³/mol. The minimum atomic E-state index is -0.155. The maximum absolute atomic E-state index is 9.41. The van der Waals surface area contributed by atoms with Crippen LogP contribution in [0.3, 0.4) is 0 Å². The predicted octanol–water partition coefficient (Wildman–Crippen LogP) is 3.30. The van der Waals surface area contributed by atoms with Crippen molar-refractivity contribution < 1.29 is 4.74 Å². The van der Waals surface area contributed by atoms with Gasteiger partial charge in [0, 0.05) is 13.6 Å². The maximum Gasteiger partial charge on any atom is 0.101 e. The van der Waals surface area contributed by atoms with Gasteiger partial charge in [-0.3, -0.25) is 0 Å². The summed E-state index contributed by atoms with van der Waals surface area (Å²) < 4.78 is 5.73. The number of hydrogen-bond acceptors (Lipinski definition) is 5. The van der Waals surface area contributed by atoms with Crippen LogP contribution in [0.25, 0.3) is 0 Å². The van der Waals surface area contributed by atoms with Crippen LogP contribution in [-0.4, -0.2) is 32.0 Å². The molecule has 1 atom stereocenters. The van der Waals surface area contributed by atoms with E-state index in [1.807, 2.05) is 57.8 Å². The molecule has 23 heavy (non-hydrogen) atoms. The summed E-state index contributed by atoms with van der Waals surface area (Å²) >= 11 is 0. The molecule has 5 nitrogen and oxygen atoms in total. The van der Waals surface area contributed by atoms with Gasteiger partial charge in [-0.25, -0.2) is 0 Å². The highest BCUT2D eigenvalue weighted by atomic mass is 16.5. The van der Waals surface area contributed by atoms with Crippen LogP contribution in [0.5, 0.6) is 0 Å². The lowest BCUT2D eigenvalue weighted by molar-refractivity contribution is 0.00334. The van der Waals surface area contributed by atoms with Gasteiger partial charge in [-0.1, -0.05) is 12.6 Å². The van der Waals surface area contributed by atoms with Crippen LogP contribution in [0.2, 0.25) is 0 Å². The average Bonchev–Trinajstić information content (AvgIpc) is 2.49. The Labute approximate surface area is 139 Å². The zero-order valence-corrected chi connectivity index (χ0v) is 14.8. The highest BCUT2D eigenvalue weighted by Gasteiger charge is 2.17. The number of benzene rings is 1. The van der Waals surface area contributed by atoms with Gasteiger partial charge in [0.05, 0.1) is 35.3 Å². The van der Waals surface area contributed by atoms with Crippen LogP contribution in [0, 0.1) is 11.3 Å². The quantitative estimate of drug-likeness (QED) is 0.569. The van der Waals surface area contributed by atoms with Crippen molar-refractivity contribution in [2.45, 2.75) is 39.5 Å². The fourth-order valence-electron chi connectivity index (χ4n) is 2.18. The summed E-state index contributed by atoms with van der Waals surface area (Å²) in [6.07, 6.45) is 1.67. The molecule has 0 amide bonds. The van der Waals surface area contributed by atoms with Gasteiger partial charge in [-0.2, -0.15) is 5.26 Å². The van der Waals surface area contributed by atoms with Crippen LogP contribution >= 0.6 is 0 Å². The lowest BCUT2D eigenvalue weighted by Crippen LogP contribution is -2.39. The summed E-state index contributed by atoms with van der Waals surface area (Å²) in [5.41, 5.74) is 2.26. The van der Waals surface area contributed by atoms with E-state index >= 15 is 0 Å². The molecule has 126 valence electrons. The number of nitriles is 1. The molecule has 0 aliphatic carbocycles. The zero-order chi connectivity index (χ0) is 17.5. The summed E-state index contributed by atoms with van der Waals surface area (Å²) in [6.45, 7) is 13.1. The second-order valence-corrected chi connectivity index (χ2v) is 6.36. The second kappa shape index (κ2) is 8.44. The van der Waals surface area contributed by atoms with Crippen molar-refractivity contribution in [1.82, 2.24) is 5.32 Å². The molecule has 0 saturated carbocycles. The van der Waals surface area contributed by atoms with Crippen molar-refractivity contribution in [2.75, 3.05) is 30.4 Å². The Balaban J connectivity index is 2.91. The highest BCUT2D eigenvalue weighted by molar-refractivity contribution is 5.76. The fourth-order valence-corrected chi connectivity index (χ4v) is 2.18. The number of hydrogen-bond donors (Lipinski definition) is 2. The van der Waals surface area contributed by atoms with Gasteiger partial charge in [0.25, 0.3) is 0 Å². The molecule has 1 unspecified atom stereocenters. The van der Waals surface area contributed by atoms with Crippen molar-refractivity contribution in [3.63, 3.8) is 0 Å². The molecule has 5 heteroatoms. The van der Waals surface area contributed by atoms with Crippen LogP contribution in [-0.2, 0) is 4.74 Å². The highest BCUT2D eigenvalue weighted by Crippen LogP contribution is 2.30. The van der Waals surface area contributed by atoms with Gasteiger partial charge in [-0.15, -0.1) is 0 Å². The monoisotopic (exact) mass is 316 g/mol. The van der Waals surface area contributed by atoms with Gasteiger partial charge in [-0.05, 0) is 46.0 Å². The zero-order valence-electron chi connectivity index (χ0n) is 14.8. The maximum atomic E-state index is 9.41. The van der Waals surface area contributed by atoms with Gasteiger partial charge in [0.15, 0.2) is 0 Å². The molecule has 0 spiro atoms. The van der Waals surface area contributed by atoms with E-state index in [4.69, 9.17) is 4.74 Å². The summed E-state index contributed by atoms with van der Waals surface area (Å²) in [4.78, 5) is 2.02. The van der Waals surface area contributed by atoms with Crippen molar-refractivity contribution in [2.24, 2.45) is 0 Å². The third-order valence-electron chi connectivity index (χ3n) is 3.40. The van der Waals surface area contributed by atoms with Crippen molar-refractivity contribution >= 4 is 11.4 Å². The summed E-state index contributed by atoms with van der Waals surface area (Å²) in [6, 6.07) is 7.94. The SMILES string of the molecule is C=CNC(C)N(C)c1c(C#N)cccc1NCCOC(C)(C)C. The molecule has 0 aromatic heterocycles. The first kappa shape index (κ1) is 18.9. The van der Waals surface area contributed by atoms with Crippen LogP contribution < -0.4 is 15.5 Å².